The van der Waals surface area contributed by atoms with Crippen molar-refractivity contribution in [1.82, 2.24) is 5.32 Å². The summed E-state index contributed by atoms with van der Waals surface area (Å²) in [6.07, 6.45) is 3.65. The maximum absolute atomic E-state index is 5.69. The van der Waals surface area contributed by atoms with Crippen molar-refractivity contribution in [2.45, 2.75) is 52.7 Å². The summed E-state index contributed by atoms with van der Waals surface area (Å²) in [6.45, 7) is 9.88. The minimum atomic E-state index is 0.221. The zero-order chi connectivity index (χ0) is 14.6. The van der Waals surface area contributed by atoms with Gasteiger partial charge in [-0.1, -0.05) is 25.5 Å². The third-order valence-corrected chi connectivity index (χ3v) is 2.88. The molecule has 0 atom stereocenters. The van der Waals surface area contributed by atoms with E-state index < -0.39 is 0 Å². The Hall–Kier alpha value is -1.06. The lowest BCUT2D eigenvalue weighted by atomic mass is 10.2. The SMILES string of the molecule is CCCCOCCCNCc1cccc(OC(C)C)c1. The van der Waals surface area contributed by atoms with E-state index in [1.54, 1.807) is 0 Å². The number of hydrogen-bond donors (Lipinski definition) is 1. The summed E-state index contributed by atoms with van der Waals surface area (Å²) < 4.78 is 11.2. The largest absolute Gasteiger partial charge is 0.491 e. The highest BCUT2D eigenvalue weighted by atomic mass is 16.5. The molecule has 1 aromatic carbocycles. The van der Waals surface area contributed by atoms with Crippen LogP contribution in [0.25, 0.3) is 0 Å². The lowest BCUT2D eigenvalue weighted by molar-refractivity contribution is 0.128. The molecule has 1 rings (SSSR count). The first-order valence-electron chi connectivity index (χ1n) is 7.76. The molecule has 0 fully saturated rings. The summed E-state index contributed by atoms with van der Waals surface area (Å²) in [4.78, 5) is 0. The van der Waals surface area contributed by atoms with E-state index in [1.807, 2.05) is 26.0 Å². The average Bonchev–Trinajstić information content (AvgIpc) is 2.41. The molecule has 0 amide bonds. The van der Waals surface area contributed by atoms with Crippen LogP contribution < -0.4 is 10.1 Å². The molecule has 0 aromatic heterocycles. The molecular weight excluding hydrogens is 250 g/mol. The second-order valence-corrected chi connectivity index (χ2v) is 5.31. The summed E-state index contributed by atoms with van der Waals surface area (Å²) in [6, 6.07) is 8.27. The first-order valence-corrected chi connectivity index (χ1v) is 7.76. The molecule has 0 spiro atoms. The van der Waals surface area contributed by atoms with Gasteiger partial charge in [0.25, 0.3) is 0 Å². The van der Waals surface area contributed by atoms with Crippen LogP contribution in [0.4, 0.5) is 0 Å². The molecule has 114 valence electrons. The third-order valence-electron chi connectivity index (χ3n) is 2.88. The first kappa shape index (κ1) is 17.0. The molecule has 1 aromatic rings. The standard InChI is InChI=1S/C17H29NO2/c1-4-5-11-19-12-7-10-18-14-16-8-6-9-17(13-16)20-15(2)3/h6,8-9,13,15,18H,4-5,7,10-12,14H2,1-3H3. The quantitative estimate of drug-likeness (QED) is 0.625. The molecule has 3 nitrogen and oxygen atoms in total. The third kappa shape index (κ3) is 8.18. The van der Waals surface area contributed by atoms with Crippen LogP contribution in [0.2, 0.25) is 0 Å². The predicted molar refractivity (Wildman–Crippen MR) is 84.3 cm³/mol. The number of benzene rings is 1. The minimum Gasteiger partial charge on any atom is -0.491 e. The van der Waals surface area contributed by atoms with Crippen molar-refractivity contribution in [3.63, 3.8) is 0 Å². The van der Waals surface area contributed by atoms with Gasteiger partial charge in [-0.15, -0.1) is 0 Å². The molecule has 0 heterocycles. The Kier molecular flexibility index (Phi) is 9.09. The van der Waals surface area contributed by atoms with Gasteiger partial charge in [0.1, 0.15) is 5.75 Å². The highest BCUT2D eigenvalue weighted by Crippen LogP contribution is 2.14. The molecule has 0 aliphatic rings. The second kappa shape index (κ2) is 10.7. The van der Waals surface area contributed by atoms with E-state index in [4.69, 9.17) is 9.47 Å². The van der Waals surface area contributed by atoms with E-state index >= 15 is 0 Å². The van der Waals surface area contributed by atoms with Gasteiger partial charge in [0, 0.05) is 19.8 Å². The smallest absolute Gasteiger partial charge is 0.120 e. The topological polar surface area (TPSA) is 30.5 Å². The van der Waals surface area contributed by atoms with Crippen molar-refractivity contribution in [1.29, 1.82) is 0 Å². The van der Waals surface area contributed by atoms with Gasteiger partial charge in [-0.2, -0.15) is 0 Å². The normalized spacial score (nSPS) is 11.0. The molecule has 0 bridgehead atoms. The number of rotatable bonds is 11. The van der Waals surface area contributed by atoms with E-state index in [2.05, 4.69) is 24.4 Å². The maximum Gasteiger partial charge on any atom is 0.120 e. The molecule has 0 unspecified atom stereocenters. The second-order valence-electron chi connectivity index (χ2n) is 5.31. The lowest BCUT2D eigenvalue weighted by Gasteiger charge is -2.11. The first-order chi connectivity index (χ1) is 9.72. The fraction of sp³-hybridized carbons (Fsp3) is 0.647. The van der Waals surface area contributed by atoms with Gasteiger partial charge in [-0.05, 0) is 50.9 Å². The van der Waals surface area contributed by atoms with Gasteiger partial charge in [-0.25, -0.2) is 0 Å². The molecule has 3 heteroatoms. The number of unbranched alkanes of at least 4 members (excludes halogenated alkanes) is 1. The zero-order valence-electron chi connectivity index (χ0n) is 13.2. The molecule has 20 heavy (non-hydrogen) atoms. The minimum absolute atomic E-state index is 0.221. The van der Waals surface area contributed by atoms with Crippen molar-refractivity contribution < 1.29 is 9.47 Å². The van der Waals surface area contributed by atoms with Crippen LogP contribution in [-0.2, 0) is 11.3 Å². The van der Waals surface area contributed by atoms with Crippen LogP contribution in [0, 0.1) is 0 Å². The van der Waals surface area contributed by atoms with Crippen LogP contribution >= 0.6 is 0 Å². The monoisotopic (exact) mass is 279 g/mol. The summed E-state index contributed by atoms with van der Waals surface area (Å²) in [5.74, 6) is 0.946. The molecule has 0 aliphatic carbocycles. The average molecular weight is 279 g/mol. The summed E-state index contributed by atoms with van der Waals surface area (Å²) >= 11 is 0. The van der Waals surface area contributed by atoms with E-state index in [9.17, 15) is 0 Å². The zero-order valence-corrected chi connectivity index (χ0v) is 13.2. The van der Waals surface area contributed by atoms with Gasteiger partial charge >= 0.3 is 0 Å². The highest BCUT2D eigenvalue weighted by Gasteiger charge is 1.99. The van der Waals surface area contributed by atoms with Crippen molar-refractivity contribution in [3.8, 4) is 5.75 Å². The van der Waals surface area contributed by atoms with E-state index in [1.165, 1.54) is 12.0 Å². The van der Waals surface area contributed by atoms with Crippen molar-refractivity contribution >= 4 is 0 Å². The Labute approximate surface area is 123 Å². The lowest BCUT2D eigenvalue weighted by Crippen LogP contribution is -2.16. The molecule has 0 saturated heterocycles. The van der Waals surface area contributed by atoms with Crippen molar-refractivity contribution in [2.24, 2.45) is 0 Å². The van der Waals surface area contributed by atoms with Gasteiger partial charge in [-0.3, -0.25) is 0 Å². The summed E-state index contributed by atoms with van der Waals surface area (Å²) in [5.41, 5.74) is 1.26. The van der Waals surface area contributed by atoms with Crippen LogP contribution in [0.3, 0.4) is 0 Å². The predicted octanol–water partition coefficient (Wildman–Crippen LogP) is 3.77. The molecule has 0 aliphatic heterocycles. The van der Waals surface area contributed by atoms with Gasteiger partial charge in [0.05, 0.1) is 6.10 Å². The maximum atomic E-state index is 5.69. The van der Waals surface area contributed by atoms with Crippen molar-refractivity contribution in [2.75, 3.05) is 19.8 Å². The molecular formula is C17H29NO2. The van der Waals surface area contributed by atoms with E-state index in [-0.39, 0.29) is 6.10 Å². The molecule has 1 N–H and O–H groups in total. The van der Waals surface area contributed by atoms with Gasteiger partial charge in [0.15, 0.2) is 0 Å². The van der Waals surface area contributed by atoms with Crippen LogP contribution in [0.1, 0.15) is 45.6 Å². The Morgan fingerprint density at radius 3 is 2.70 bits per heavy atom. The Balaban J connectivity index is 2.12. The summed E-state index contributed by atoms with van der Waals surface area (Å²) in [5, 5.41) is 3.44. The molecule has 0 radical (unpaired) electrons. The fourth-order valence-corrected chi connectivity index (χ4v) is 1.88. The van der Waals surface area contributed by atoms with Crippen LogP contribution in [0.5, 0.6) is 5.75 Å². The number of nitrogens with one attached hydrogen (secondary N) is 1. The van der Waals surface area contributed by atoms with Gasteiger partial charge < -0.3 is 14.8 Å². The Morgan fingerprint density at radius 1 is 1.15 bits per heavy atom. The Bertz CT molecular complexity index is 353. The highest BCUT2D eigenvalue weighted by molar-refractivity contribution is 5.28. The van der Waals surface area contributed by atoms with Crippen LogP contribution in [0.15, 0.2) is 24.3 Å². The van der Waals surface area contributed by atoms with Gasteiger partial charge in [0.2, 0.25) is 0 Å². The van der Waals surface area contributed by atoms with Crippen molar-refractivity contribution in [3.05, 3.63) is 29.8 Å². The van der Waals surface area contributed by atoms with Crippen LogP contribution in [-0.4, -0.2) is 25.9 Å². The number of ether oxygens (including phenoxy) is 2. The van der Waals surface area contributed by atoms with E-state index in [0.717, 1.165) is 44.9 Å². The Morgan fingerprint density at radius 2 is 1.95 bits per heavy atom. The molecule has 0 saturated carbocycles. The fourth-order valence-electron chi connectivity index (χ4n) is 1.88. The van der Waals surface area contributed by atoms with E-state index in [0.29, 0.717) is 0 Å². The number of hydrogen-bond acceptors (Lipinski definition) is 3. The summed E-state index contributed by atoms with van der Waals surface area (Å²) in [7, 11) is 0.